The number of amides is 1. The van der Waals surface area contributed by atoms with E-state index in [-0.39, 0.29) is 23.8 Å². The van der Waals surface area contributed by atoms with Crippen LogP contribution in [0.15, 0.2) is 0 Å². The van der Waals surface area contributed by atoms with Gasteiger partial charge in [-0.3, -0.25) is 4.79 Å². The summed E-state index contributed by atoms with van der Waals surface area (Å²) in [7, 11) is 0. The zero-order valence-corrected chi connectivity index (χ0v) is 12.8. The molecule has 0 aromatic carbocycles. The van der Waals surface area contributed by atoms with Crippen LogP contribution in [0.3, 0.4) is 0 Å². The van der Waals surface area contributed by atoms with Gasteiger partial charge < -0.3 is 9.64 Å². The lowest BCUT2D eigenvalue weighted by molar-refractivity contribution is -0.117. The summed E-state index contributed by atoms with van der Waals surface area (Å²) in [6.45, 7) is 6.30. The van der Waals surface area contributed by atoms with Crippen molar-refractivity contribution in [2.45, 2.75) is 64.5 Å². The second-order valence-electron chi connectivity index (χ2n) is 6.03. The smallest absolute Gasteiger partial charge is 0.410 e. The third kappa shape index (κ3) is 5.81. The van der Waals surface area contributed by atoms with Gasteiger partial charge in [0.25, 0.3) is 0 Å². The second-order valence-corrected chi connectivity index (χ2v) is 6.30. The van der Waals surface area contributed by atoms with Gasteiger partial charge in [-0.15, -0.1) is 11.6 Å². The predicted molar refractivity (Wildman–Crippen MR) is 75.5 cm³/mol. The Bertz CT molecular complexity index is 325. The van der Waals surface area contributed by atoms with Gasteiger partial charge in [-0.2, -0.15) is 0 Å². The van der Waals surface area contributed by atoms with Gasteiger partial charge in [0, 0.05) is 19.0 Å². The van der Waals surface area contributed by atoms with E-state index in [0.717, 1.165) is 19.3 Å². The van der Waals surface area contributed by atoms with Gasteiger partial charge in [0.2, 0.25) is 0 Å². The number of nitrogens with zero attached hydrogens (tertiary/aromatic N) is 1. The molecule has 110 valence electrons. The fourth-order valence-corrected chi connectivity index (χ4v) is 2.39. The van der Waals surface area contributed by atoms with Crippen LogP contribution >= 0.6 is 11.6 Å². The Morgan fingerprint density at radius 1 is 1.32 bits per heavy atom. The van der Waals surface area contributed by atoms with Crippen molar-refractivity contribution in [1.82, 2.24) is 4.90 Å². The molecule has 1 unspecified atom stereocenters. The molecule has 4 nitrogen and oxygen atoms in total. The Kier molecular flexibility index (Phi) is 6.11. The molecule has 0 aliphatic carbocycles. The molecule has 1 aliphatic heterocycles. The minimum atomic E-state index is -0.481. The van der Waals surface area contributed by atoms with Crippen molar-refractivity contribution in [3.8, 4) is 0 Å². The highest BCUT2D eigenvalue weighted by atomic mass is 35.5. The summed E-state index contributed by atoms with van der Waals surface area (Å²) in [4.78, 5) is 25.2. The van der Waals surface area contributed by atoms with Crippen LogP contribution < -0.4 is 0 Å². The topological polar surface area (TPSA) is 46.6 Å². The summed E-state index contributed by atoms with van der Waals surface area (Å²) >= 11 is 5.50. The lowest BCUT2D eigenvalue weighted by Crippen LogP contribution is -2.46. The van der Waals surface area contributed by atoms with Crippen molar-refractivity contribution in [2.75, 3.05) is 12.4 Å². The third-order valence-corrected chi connectivity index (χ3v) is 3.46. The molecule has 0 bridgehead atoms. The molecule has 0 saturated carbocycles. The number of carbonyl (C=O) groups is 2. The van der Waals surface area contributed by atoms with E-state index >= 15 is 0 Å². The maximum atomic E-state index is 12.1. The lowest BCUT2D eigenvalue weighted by atomic mass is 9.97. The second kappa shape index (κ2) is 7.13. The molecule has 1 rings (SSSR count). The monoisotopic (exact) mass is 289 g/mol. The largest absolute Gasteiger partial charge is 0.444 e. The number of ketones is 1. The molecular weight excluding hydrogens is 266 g/mol. The molecule has 5 heteroatoms. The summed E-state index contributed by atoms with van der Waals surface area (Å²) in [6.07, 6.45) is 3.89. The van der Waals surface area contributed by atoms with Gasteiger partial charge in [-0.1, -0.05) is 0 Å². The number of ether oxygens (including phenoxy) is 1. The number of likely N-dealkylation sites (tertiary alicyclic amines) is 1. The maximum absolute atomic E-state index is 12.1. The van der Waals surface area contributed by atoms with Crippen LogP contribution in [0.4, 0.5) is 4.79 Å². The molecule has 1 heterocycles. The van der Waals surface area contributed by atoms with E-state index in [4.69, 9.17) is 16.3 Å². The third-order valence-electron chi connectivity index (χ3n) is 3.16. The van der Waals surface area contributed by atoms with Gasteiger partial charge in [0.15, 0.2) is 0 Å². The van der Waals surface area contributed by atoms with Crippen molar-refractivity contribution in [3.05, 3.63) is 0 Å². The first-order chi connectivity index (χ1) is 8.83. The van der Waals surface area contributed by atoms with Gasteiger partial charge in [-0.25, -0.2) is 4.79 Å². The van der Waals surface area contributed by atoms with Crippen LogP contribution in [0.1, 0.15) is 52.9 Å². The molecule has 1 amide bonds. The highest BCUT2D eigenvalue weighted by Crippen LogP contribution is 2.23. The Morgan fingerprint density at radius 2 is 2.00 bits per heavy atom. The van der Waals surface area contributed by atoms with E-state index < -0.39 is 5.60 Å². The minimum Gasteiger partial charge on any atom is -0.444 e. The van der Waals surface area contributed by atoms with Gasteiger partial charge in [0.05, 0.1) is 5.88 Å². The van der Waals surface area contributed by atoms with Crippen LogP contribution in [0, 0.1) is 0 Å². The van der Waals surface area contributed by atoms with E-state index in [2.05, 4.69) is 0 Å². The fraction of sp³-hybridized carbons (Fsp3) is 0.857. The predicted octanol–water partition coefficient (Wildman–Crippen LogP) is 3.36. The average Bonchev–Trinajstić information content (AvgIpc) is 2.34. The van der Waals surface area contributed by atoms with Crippen molar-refractivity contribution < 1.29 is 14.3 Å². The summed E-state index contributed by atoms with van der Waals surface area (Å²) in [5.74, 6) is 0.0930. The van der Waals surface area contributed by atoms with E-state index in [0.29, 0.717) is 19.4 Å². The quantitative estimate of drug-likeness (QED) is 0.746. The number of Topliss-reactive ketones (excluding diaryl/α,β-unsaturated/α-hetero) is 1. The van der Waals surface area contributed by atoms with Crippen molar-refractivity contribution >= 4 is 23.5 Å². The fourth-order valence-electron chi connectivity index (χ4n) is 2.26. The standard InChI is InChI=1S/C14H24ClNO3/c1-14(2,3)19-13(18)16-9-5-4-6-11(16)7-8-12(17)10-15/h11H,4-10H2,1-3H3. The molecule has 1 fully saturated rings. The lowest BCUT2D eigenvalue weighted by Gasteiger charge is -2.36. The number of piperidine rings is 1. The molecule has 1 atom stereocenters. The molecule has 0 radical (unpaired) electrons. The highest BCUT2D eigenvalue weighted by Gasteiger charge is 2.30. The Morgan fingerprint density at radius 3 is 2.58 bits per heavy atom. The first-order valence-electron chi connectivity index (χ1n) is 6.91. The molecule has 0 aromatic heterocycles. The zero-order chi connectivity index (χ0) is 14.5. The SMILES string of the molecule is CC(C)(C)OC(=O)N1CCCCC1CCC(=O)CCl. The molecule has 0 N–H and O–H groups in total. The number of hydrogen-bond donors (Lipinski definition) is 0. The first-order valence-corrected chi connectivity index (χ1v) is 7.44. The number of halogens is 1. The van der Waals surface area contributed by atoms with Gasteiger partial charge >= 0.3 is 6.09 Å². The first kappa shape index (κ1) is 16.3. The Hall–Kier alpha value is -0.770. The molecule has 0 aromatic rings. The van der Waals surface area contributed by atoms with Crippen LogP contribution in [-0.4, -0.2) is 40.8 Å². The summed E-state index contributed by atoms with van der Waals surface area (Å²) < 4.78 is 5.42. The van der Waals surface area contributed by atoms with Crippen LogP contribution in [0.2, 0.25) is 0 Å². The van der Waals surface area contributed by atoms with Gasteiger partial charge in [-0.05, 0) is 46.5 Å². The number of hydrogen-bond acceptors (Lipinski definition) is 3. The molecule has 19 heavy (non-hydrogen) atoms. The Balaban J connectivity index is 2.56. The van der Waals surface area contributed by atoms with Crippen LogP contribution in [-0.2, 0) is 9.53 Å². The normalized spacial score (nSPS) is 20.2. The van der Waals surface area contributed by atoms with Crippen molar-refractivity contribution in [3.63, 3.8) is 0 Å². The maximum Gasteiger partial charge on any atom is 0.410 e. The zero-order valence-electron chi connectivity index (χ0n) is 12.1. The molecular formula is C14H24ClNO3. The van der Waals surface area contributed by atoms with Gasteiger partial charge in [0.1, 0.15) is 11.4 Å². The minimum absolute atomic E-state index is 0.0383. The molecule has 1 aliphatic rings. The van der Waals surface area contributed by atoms with E-state index in [1.54, 1.807) is 4.90 Å². The van der Waals surface area contributed by atoms with E-state index in [1.165, 1.54) is 0 Å². The van der Waals surface area contributed by atoms with E-state index in [9.17, 15) is 9.59 Å². The Labute approximate surface area is 120 Å². The van der Waals surface area contributed by atoms with Crippen molar-refractivity contribution in [2.24, 2.45) is 0 Å². The van der Waals surface area contributed by atoms with E-state index in [1.807, 2.05) is 20.8 Å². The summed E-state index contributed by atoms with van der Waals surface area (Å²) in [5.41, 5.74) is -0.481. The summed E-state index contributed by atoms with van der Waals surface area (Å²) in [5, 5.41) is 0. The highest BCUT2D eigenvalue weighted by molar-refractivity contribution is 6.27. The van der Waals surface area contributed by atoms with Crippen LogP contribution in [0.25, 0.3) is 0 Å². The summed E-state index contributed by atoms with van der Waals surface area (Å²) in [6, 6.07) is 0.107. The van der Waals surface area contributed by atoms with Crippen molar-refractivity contribution in [1.29, 1.82) is 0 Å². The molecule has 0 spiro atoms. The molecule has 1 saturated heterocycles. The van der Waals surface area contributed by atoms with Crippen LogP contribution in [0.5, 0.6) is 0 Å². The number of alkyl halides is 1. The number of carbonyl (C=O) groups excluding carboxylic acids is 2. The average molecular weight is 290 g/mol. The number of rotatable bonds is 4.